The SMILES string of the molecule is CCCCC(S)N(CC)C(=O)O. The molecule has 0 radical (unpaired) electrons. The Hall–Kier alpha value is -0.380. The molecule has 0 aromatic carbocycles. The molecule has 0 aliphatic rings. The first-order valence-corrected chi connectivity index (χ1v) is 4.82. The van der Waals surface area contributed by atoms with Gasteiger partial charge < -0.3 is 5.11 Å². The van der Waals surface area contributed by atoms with E-state index in [1.165, 1.54) is 4.90 Å². The highest BCUT2D eigenvalue weighted by molar-refractivity contribution is 7.80. The van der Waals surface area contributed by atoms with Crippen molar-refractivity contribution in [3.63, 3.8) is 0 Å². The van der Waals surface area contributed by atoms with Crippen LogP contribution < -0.4 is 0 Å². The molecule has 1 amide bonds. The Morgan fingerprint density at radius 3 is 2.50 bits per heavy atom. The van der Waals surface area contributed by atoms with Crippen molar-refractivity contribution in [2.24, 2.45) is 0 Å². The van der Waals surface area contributed by atoms with Gasteiger partial charge in [0.15, 0.2) is 0 Å². The van der Waals surface area contributed by atoms with Crippen molar-refractivity contribution >= 4 is 18.7 Å². The lowest BCUT2D eigenvalue weighted by Crippen LogP contribution is -2.35. The van der Waals surface area contributed by atoms with Crippen LogP contribution >= 0.6 is 12.6 Å². The maximum Gasteiger partial charge on any atom is 0.408 e. The van der Waals surface area contributed by atoms with E-state index in [1.807, 2.05) is 6.92 Å². The van der Waals surface area contributed by atoms with Crippen LogP contribution in [0.5, 0.6) is 0 Å². The summed E-state index contributed by atoms with van der Waals surface area (Å²) < 4.78 is 0. The van der Waals surface area contributed by atoms with Crippen molar-refractivity contribution < 1.29 is 9.90 Å². The van der Waals surface area contributed by atoms with Gasteiger partial charge in [-0.1, -0.05) is 19.8 Å². The van der Waals surface area contributed by atoms with Gasteiger partial charge in [-0.3, -0.25) is 4.90 Å². The molecule has 0 spiro atoms. The van der Waals surface area contributed by atoms with Crippen LogP contribution in [0.4, 0.5) is 4.79 Å². The monoisotopic (exact) mass is 191 g/mol. The topological polar surface area (TPSA) is 40.5 Å². The predicted octanol–water partition coefficient (Wildman–Crippen LogP) is 2.43. The van der Waals surface area contributed by atoms with Crippen LogP contribution in [0.1, 0.15) is 33.1 Å². The summed E-state index contributed by atoms with van der Waals surface area (Å²) in [5.41, 5.74) is 0. The lowest BCUT2D eigenvalue weighted by molar-refractivity contribution is 0.142. The molecule has 0 bridgehead atoms. The lowest BCUT2D eigenvalue weighted by Gasteiger charge is -2.23. The number of rotatable bonds is 5. The van der Waals surface area contributed by atoms with Gasteiger partial charge in [-0.2, -0.15) is 12.6 Å². The Bertz CT molecular complexity index is 141. The van der Waals surface area contributed by atoms with Crippen LogP contribution in [-0.4, -0.2) is 28.0 Å². The molecule has 1 unspecified atom stereocenters. The Balaban J connectivity index is 3.85. The minimum absolute atomic E-state index is 0.146. The minimum atomic E-state index is -0.881. The number of nitrogens with zero attached hydrogens (tertiary/aromatic N) is 1. The molecule has 0 heterocycles. The Kier molecular flexibility index (Phi) is 5.98. The second-order valence-electron chi connectivity index (χ2n) is 2.69. The van der Waals surface area contributed by atoms with Gasteiger partial charge in [0.1, 0.15) is 0 Å². The third kappa shape index (κ3) is 3.85. The molecule has 0 saturated carbocycles. The molecule has 1 N–H and O–H groups in total. The summed E-state index contributed by atoms with van der Waals surface area (Å²) in [6.45, 7) is 4.41. The van der Waals surface area contributed by atoms with Crippen molar-refractivity contribution in [1.29, 1.82) is 0 Å². The van der Waals surface area contributed by atoms with E-state index in [1.54, 1.807) is 0 Å². The van der Waals surface area contributed by atoms with Crippen LogP contribution in [0.2, 0.25) is 0 Å². The largest absolute Gasteiger partial charge is 0.465 e. The van der Waals surface area contributed by atoms with Crippen molar-refractivity contribution in [2.45, 2.75) is 38.5 Å². The summed E-state index contributed by atoms with van der Waals surface area (Å²) in [4.78, 5) is 12.0. The fourth-order valence-electron chi connectivity index (χ4n) is 1.02. The van der Waals surface area contributed by atoms with Crippen molar-refractivity contribution in [1.82, 2.24) is 4.90 Å². The first kappa shape index (κ1) is 11.6. The molecule has 0 aliphatic heterocycles. The van der Waals surface area contributed by atoms with Gasteiger partial charge in [-0.15, -0.1) is 0 Å². The maximum atomic E-state index is 10.6. The summed E-state index contributed by atoms with van der Waals surface area (Å²) in [6, 6.07) is 0. The number of unbranched alkanes of at least 4 members (excludes halogenated alkanes) is 1. The number of amides is 1. The molecule has 0 rings (SSSR count). The average Bonchev–Trinajstić information content (AvgIpc) is 2.01. The molecular weight excluding hydrogens is 174 g/mol. The normalized spacial score (nSPS) is 12.6. The molecule has 4 heteroatoms. The molecule has 0 saturated heterocycles. The van der Waals surface area contributed by atoms with Gasteiger partial charge in [0.25, 0.3) is 0 Å². The van der Waals surface area contributed by atoms with Gasteiger partial charge in [-0.05, 0) is 13.3 Å². The third-order valence-corrected chi connectivity index (χ3v) is 2.30. The molecule has 0 fully saturated rings. The Morgan fingerprint density at radius 1 is 1.58 bits per heavy atom. The standard InChI is InChI=1S/C8H17NO2S/c1-3-5-6-7(12)9(4-2)8(10)11/h7,12H,3-6H2,1-2H3,(H,10,11). The van der Waals surface area contributed by atoms with Gasteiger partial charge in [0.05, 0.1) is 5.37 Å². The molecule has 0 aromatic rings. The molecule has 1 atom stereocenters. The maximum absolute atomic E-state index is 10.6. The highest BCUT2D eigenvalue weighted by Gasteiger charge is 2.16. The number of carboxylic acid groups (broad SMARTS) is 1. The second-order valence-corrected chi connectivity index (χ2v) is 3.29. The number of thiol groups is 1. The van der Waals surface area contributed by atoms with Crippen LogP contribution in [0, 0.1) is 0 Å². The molecule has 0 aliphatic carbocycles. The summed E-state index contributed by atoms with van der Waals surface area (Å²) in [7, 11) is 0. The van der Waals surface area contributed by atoms with Gasteiger partial charge in [0, 0.05) is 6.54 Å². The van der Waals surface area contributed by atoms with Crippen LogP contribution in [0.25, 0.3) is 0 Å². The summed E-state index contributed by atoms with van der Waals surface area (Å²) >= 11 is 4.22. The van der Waals surface area contributed by atoms with Gasteiger partial charge in [0.2, 0.25) is 0 Å². The van der Waals surface area contributed by atoms with Gasteiger partial charge in [-0.25, -0.2) is 4.79 Å². The second kappa shape index (κ2) is 6.17. The molecular formula is C8H17NO2S. The Morgan fingerprint density at radius 2 is 2.17 bits per heavy atom. The third-order valence-electron chi connectivity index (χ3n) is 1.76. The first-order chi connectivity index (χ1) is 5.63. The minimum Gasteiger partial charge on any atom is -0.465 e. The quantitative estimate of drug-likeness (QED) is 0.517. The molecule has 12 heavy (non-hydrogen) atoms. The first-order valence-electron chi connectivity index (χ1n) is 4.31. The van der Waals surface area contributed by atoms with E-state index in [-0.39, 0.29) is 5.37 Å². The van der Waals surface area contributed by atoms with E-state index in [0.29, 0.717) is 6.54 Å². The molecule has 72 valence electrons. The van der Waals surface area contributed by atoms with E-state index in [2.05, 4.69) is 19.6 Å². The molecule has 0 aromatic heterocycles. The fourth-order valence-corrected chi connectivity index (χ4v) is 1.46. The highest BCUT2D eigenvalue weighted by Crippen LogP contribution is 2.12. The van der Waals surface area contributed by atoms with Crippen LogP contribution in [0.3, 0.4) is 0 Å². The van der Waals surface area contributed by atoms with Crippen molar-refractivity contribution in [2.75, 3.05) is 6.54 Å². The summed E-state index contributed by atoms with van der Waals surface area (Å²) in [5.74, 6) is 0. The highest BCUT2D eigenvalue weighted by atomic mass is 32.1. The number of hydrogen-bond acceptors (Lipinski definition) is 2. The summed E-state index contributed by atoms with van der Waals surface area (Å²) in [6.07, 6.45) is 2.06. The molecule has 3 nitrogen and oxygen atoms in total. The Labute approximate surface area is 79.2 Å². The van der Waals surface area contributed by atoms with E-state index in [4.69, 9.17) is 5.11 Å². The average molecular weight is 191 g/mol. The van der Waals surface area contributed by atoms with E-state index < -0.39 is 6.09 Å². The zero-order valence-corrected chi connectivity index (χ0v) is 8.55. The van der Waals surface area contributed by atoms with Crippen LogP contribution in [0.15, 0.2) is 0 Å². The fraction of sp³-hybridized carbons (Fsp3) is 0.875. The smallest absolute Gasteiger partial charge is 0.408 e. The zero-order chi connectivity index (χ0) is 9.56. The van der Waals surface area contributed by atoms with Gasteiger partial charge >= 0.3 is 6.09 Å². The van der Waals surface area contributed by atoms with E-state index >= 15 is 0 Å². The van der Waals surface area contributed by atoms with E-state index in [9.17, 15) is 4.79 Å². The lowest BCUT2D eigenvalue weighted by atomic mass is 10.2. The predicted molar refractivity (Wildman–Crippen MR) is 52.7 cm³/mol. The van der Waals surface area contributed by atoms with Crippen LogP contribution in [-0.2, 0) is 0 Å². The zero-order valence-electron chi connectivity index (χ0n) is 7.66. The number of carbonyl (C=O) groups is 1. The summed E-state index contributed by atoms with van der Waals surface area (Å²) in [5, 5.41) is 8.57. The van der Waals surface area contributed by atoms with Crippen molar-refractivity contribution in [3.05, 3.63) is 0 Å². The van der Waals surface area contributed by atoms with E-state index in [0.717, 1.165) is 19.3 Å². The number of hydrogen-bond donors (Lipinski definition) is 2. The van der Waals surface area contributed by atoms with Crippen molar-refractivity contribution in [3.8, 4) is 0 Å².